The number of ether oxygens (including phenoxy) is 1. The molecule has 0 spiro atoms. The van der Waals surface area contributed by atoms with Crippen LogP contribution in [0.2, 0.25) is 0 Å². The van der Waals surface area contributed by atoms with Crippen molar-refractivity contribution in [3.63, 3.8) is 0 Å². The summed E-state index contributed by atoms with van der Waals surface area (Å²) in [5.41, 5.74) is 4.33. The molecule has 2 saturated carbocycles. The lowest BCUT2D eigenvalue weighted by molar-refractivity contribution is -0.265. The third kappa shape index (κ3) is 4.76. The van der Waals surface area contributed by atoms with Crippen molar-refractivity contribution in [1.29, 1.82) is 0 Å². The molecule has 8 atom stereocenters. The lowest BCUT2D eigenvalue weighted by Crippen LogP contribution is -2.79. The zero-order valence-corrected chi connectivity index (χ0v) is 28.6. The van der Waals surface area contributed by atoms with Crippen molar-refractivity contribution < 1.29 is 39.5 Å². The molecule has 1 aliphatic heterocycles. The third-order valence-electron chi connectivity index (χ3n) is 12.8. The summed E-state index contributed by atoms with van der Waals surface area (Å²) < 4.78 is 5.58. The molecule has 9 nitrogen and oxygen atoms in total. The summed E-state index contributed by atoms with van der Waals surface area (Å²) in [5, 5.41) is 49.4. The van der Waals surface area contributed by atoms with Crippen LogP contribution in [-0.2, 0) is 27.2 Å². The van der Waals surface area contributed by atoms with E-state index in [-0.39, 0.29) is 30.1 Å². The molecule has 9 heteroatoms. The Morgan fingerprint density at radius 2 is 1.63 bits per heavy atom. The van der Waals surface area contributed by atoms with Crippen molar-refractivity contribution in [2.75, 3.05) is 13.2 Å². The van der Waals surface area contributed by atoms with Crippen LogP contribution in [0.5, 0.6) is 5.75 Å². The maximum Gasteiger partial charge on any atom is 0.230 e. The topological polar surface area (TPSA) is 167 Å². The molecule has 6 N–H and O–H groups in total. The normalized spacial score (nSPS) is 34.8. The highest BCUT2D eigenvalue weighted by molar-refractivity contribution is 6.10. The Bertz CT molecular complexity index is 1860. The van der Waals surface area contributed by atoms with Crippen molar-refractivity contribution in [1.82, 2.24) is 0 Å². The molecule has 3 aromatic carbocycles. The quantitative estimate of drug-likeness (QED) is 0.250. The van der Waals surface area contributed by atoms with Crippen LogP contribution in [0.25, 0.3) is 21.9 Å². The summed E-state index contributed by atoms with van der Waals surface area (Å²) in [6, 6.07) is 15.8. The van der Waals surface area contributed by atoms with Crippen molar-refractivity contribution in [2.24, 2.45) is 46.2 Å². The molecule has 3 fully saturated rings. The third-order valence-corrected chi connectivity index (χ3v) is 12.8. The van der Waals surface area contributed by atoms with Crippen LogP contribution in [0.1, 0.15) is 68.4 Å². The van der Waals surface area contributed by atoms with Crippen molar-refractivity contribution >= 4 is 28.2 Å². The minimum absolute atomic E-state index is 0.0664. The first kappa shape index (κ1) is 33.8. The number of aromatic hydroxyl groups is 1. The Hall–Kier alpha value is -3.63. The molecule has 2 unspecified atom stereocenters. The summed E-state index contributed by atoms with van der Waals surface area (Å²) in [6.07, 6.45) is -0.0427. The molecular weight excluding hydrogens is 622 g/mol. The van der Waals surface area contributed by atoms with E-state index >= 15 is 0 Å². The number of fused-ring (bicyclic) bond motifs is 4. The van der Waals surface area contributed by atoms with Crippen LogP contribution in [0, 0.1) is 40.4 Å². The first-order chi connectivity index (χ1) is 23.2. The van der Waals surface area contributed by atoms with Gasteiger partial charge in [-0.15, -0.1) is 0 Å². The Balaban J connectivity index is 1.37. The standard InChI is InChI=1S/C40H47NO8/c1-20(2)31-34(44)30(37(41)47)35(45)40(48)36(46)32-33(43)29-27(18-38(32,3)19-39(31,40)4)26(11-12-28(29)42)25-10-9-22(17-21-13-15-49-16-14-21)23-7-5-6-8-24(23)25/h5-12,20-21,30-32,34,36,42,44,46,48H,13-19H2,1-4H3,(H2,41,47)/t30-,31+,32-,34?,36?,38-,39-,40+/m1/s1. The number of ketones is 2. The van der Waals surface area contributed by atoms with Gasteiger partial charge in [-0.05, 0) is 94.4 Å². The molecule has 0 radical (unpaired) electrons. The predicted molar refractivity (Wildman–Crippen MR) is 184 cm³/mol. The Labute approximate surface area is 286 Å². The van der Waals surface area contributed by atoms with E-state index in [2.05, 4.69) is 24.3 Å². The Morgan fingerprint density at radius 1 is 0.980 bits per heavy atom. The number of aliphatic hydroxyl groups is 3. The molecule has 0 aromatic heterocycles. The predicted octanol–water partition coefficient (Wildman–Crippen LogP) is 4.36. The molecule has 1 heterocycles. The highest BCUT2D eigenvalue weighted by atomic mass is 16.5. The van der Waals surface area contributed by atoms with Gasteiger partial charge in [0.2, 0.25) is 5.91 Å². The highest BCUT2D eigenvalue weighted by Crippen LogP contribution is 2.66. The van der Waals surface area contributed by atoms with Crippen LogP contribution in [0.15, 0.2) is 48.5 Å². The number of aliphatic hydroxyl groups excluding tert-OH is 2. The van der Waals surface area contributed by atoms with Gasteiger partial charge in [-0.25, -0.2) is 0 Å². The van der Waals surface area contributed by atoms with Gasteiger partial charge in [0, 0.05) is 18.6 Å². The Kier molecular flexibility index (Phi) is 8.10. The number of Topliss-reactive ketones (excluding diaryl/α,β-unsaturated/α-hetero) is 2. The second kappa shape index (κ2) is 11.7. The van der Waals surface area contributed by atoms with Gasteiger partial charge in [0.05, 0.1) is 17.6 Å². The minimum atomic E-state index is -2.54. The van der Waals surface area contributed by atoms with E-state index in [9.17, 15) is 34.8 Å². The fourth-order valence-electron chi connectivity index (χ4n) is 10.8. The van der Waals surface area contributed by atoms with Crippen molar-refractivity contribution in [3.8, 4) is 16.9 Å². The zero-order valence-electron chi connectivity index (χ0n) is 28.6. The minimum Gasteiger partial charge on any atom is -0.507 e. The van der Waals surface area contributed by atoms with Gasteiger partial charge in [0.25, 0.3) is 0 Å². The monoisotopic (exact) mass is 669 g/mol. The molecule has 260 valence electrons. The lowest BCUT2D eigenvalue weighted by Gasteiger charge is -2.66. The average Bonchev–Trinajstić information content (AvgIpc) is 3.03. The van der Waals surface area contributed by atoms with Gasteiger partial charge in [-0.3, -0.25) is 14.4 Å². The average molecular weight is 670 g/mol. The summed E-state index contributed by atoms with van der Waals surface area (Å²) in [4.78, 5) is 41.2. The number of carbonyl (C=O) groups excluding carboxylic acids is 3. The van der Waals surface area contributed by atoms with Gasteiger partial charge in [0.15, 0.2) is 17.2 Å². The largest absolute Gasteiger partial charge is 0.507 e. The number of carbonyl (C=O) groups is 3. The van der Waals surface area contributed by atoms with E-state index in [0.29, 0.717) is 11.5 Å². The molecule has 1 amide bonds. The van der Waals surface area contributed by atoms with Crippen LogP contribution >= 0.6 is 0 Å². The molecule has 7 rings (SSSR count). The molecular formula is C40H47NO8. The number of hydrogen-bond acceptors (Lipinski definition) is 8. The van der Waals surface area contributed by atoms with Crippen LogP contribution in [0.4, 0.5) is 0 Å². The molecule has 1 saturated heterocycles. The van der Waals surface area contributed by atoms with E-state index in [4.69, 9.17) is 10.5 Å². The van der Waals surface area contributed by atoms with Gasteiger partial charge in [-0.1, -0.05) is 70.2 Å². The molecule has 0 bridgehead atoms. The molecule has 4 aliphatic rings. The number of amides is 1. The lowest BCUT2D eigenvalue weighted by atomic mass is 9.39. The second-order valence-electron chi connectivity index (χ2n) is 16.0. The highest BCUT2D eigenvalue weighted by Gasteiger charge is 2.76. The molecule has 3 aliphatic carbocycles. The van der Waals surface area contributed by atoms with E-state index < -0.39 is 63.9 Å². The van der Waals surface area contributed by atoms with Gasteiger partial charge < -0.3 is 30.9 Å². The number of hydrogen-bond donors (Lipinski definition) is 5. The van der Waals surface area contributed by atoms with E-state index in [1.807, 2.05) is 39.0 Å². The van der Waals surface area contributed by atoms with E-state index in [0.717, 1.165) is 54.4 Å². The van der Waals surface area contributed by atoms with Crippen molar-refractivity contribution in [2.45, 2.75) is 77.6 Å². The summed E-state index contributed by atoms with van der Waals surface area (Å²) in [7, 11) is 0. The molecule has 3 aromatic rings. The number of benzene rings is 3. The smallest absolute Gasteiger partial charge is 0.230 e. The summed E-state index contributed by atoms with van der Waals surface area (Å²) in [5.74, 6) is -6.54. The molecule has 49 heavy (non-hydrogen) atoms. The van der Waals surface area contributed by atoms with Crippen molar-refractivity contribution in [3.05, 3.63) is 65.2 Å². The number of nitrogens with two attached hydrogens (primary N) is 1. The number of phenols is 1. The Morgan fingerprint density at radius 3 is 2.29 bits per heavy atom. The summed E-state index contributed by atoms with van der Waals surface area (Å²) >= 11 is 0. The number of phenolic OH excluding ortho intramolecular Hbond substituents is 1. The number of primary amides is 1. The first-order valence-electron chi connectivity index (χ1n) is 17.6. The van der Waals surface area contributed by atoms with Crippen LogP contribution in [0.3, 0.4) is 0 Å². The van der Waals surface area contributed by atoms with Gasteiger partial charge >= 0.3 is 0 Å². The number of rotatable bonds is 5. The second-order valence-corrected chi connectivity index (χ2v) is 16.0. The maximum atomic E-state index is 14.6. The van der Waals surface area contributed by atoms with Gasteiger partial charge in [0.1, 0.15) is 17.8 Å². The van der Waals surface area contributed by atoms with Gasteiger partial charge in [-0.2, -0.15) is 0 Å². The van der Waals surface area contributed by atoms with Crippen LogP contribution in [-0.4, -0.2) is 68.9 Å². The van der Waals surface area contributed by atoms with Crippen LogP contribution < -0.4 is 5.73 Å². The zero-order chi connectivity index (χ0) is 35.2. The maximum absolute atomic E-state index is 14.6. The summed E-state index contributed by atoms with van der Waals surface area (Å²) in [6.45, 7) is 8.77. The fraction of sp³-hybridized carbons (Fsp3) is 0.525. The van der Waals surface area contributed by atoms with E-state index in [1.165, 1.54) is 11.6 Å². The fourth-order valence-corrected chi connectivity index (χ4v) is 10.8. The van der Waals surface area contributed by atoms with E-state index in [1.54, 1.807) is 6.92 Å². The SMILES string of the molecule is CC(C)[C@H]1C(O)[C@@H](C(N)=O)C(=O)[C@]2(O)C(O)[C@H]3C(=O)c4c(O)ccc(-c5ccc(CC6CCOCC6)c6ccccc56)c4C[C@]3(C)C[C@]12C. The first-order valence-corrected chi connectivity index (χ1v) is 17.6.